The number of carbonyl (C=O) groups is 1. The van der Waals surface area contributed by atoms with Crippen molar-refractivity contribution in [3.05, 3.63) is 35.4 Å². The Labute approximate surface area is 177 Å². The summed E-state index contributed by atoms with van der Waals surface area (Å²) in [7, 11) is -0.234. The summed E-state index contributed by atoms with van der Waals surface area (Å²) in [5, 5.41) is 3.07. The van der Waals surface area contributed by atoms with Crippen molar-refractivity contribution >= 4 is 13.2 Å². The monoisotopic (exact) mass is 403 g/mol. The topological polar surface area (TPSA) is 56.8 Å². The Morgan fingerprint density at radius 3 is 2.10 bits per heavy atom. The fourth-order valence-electron chi connectivity index (χ4n) is 3.41. The lowest BCUT2D eigenvalue weighted by atomic mass is 9.77. The molecule has 0 radical (unpaired) electrons. The molecule has 0 saturated carbocycles. The number of alkyl carbamates (subject to hydrolysis) is 1. The van der Waals surface area contributed by atoms with Gasteiger partial charge in [-0.15, -0.1) is 0 Å². The standard InChI is InChI=1S/C23H38BNO4/c1-16-10-12-18(13-11-16)19(25-20(26)27-21(3,4)5)17(2)14-15-24-28-22(6,7)23(8,9)29-24/h10-13,17,19H,14-15H2,1-9H3,(H,25,26)/t17-,19-/m0/s1. The first kappa shape index (κ1) is 23.8. The van der Waals surface area contributed by atoms with Crippen molar-refractivity contribution in [2.45, 2.75) is 97.9 Å². The van der Waals surface area contributed by atoms with Crippen LogP contribution in [0.3, 0.4) is 0 Å². The van der Waals surface area contributed by atoms with Gasteiger partial charge >= 0.3 is 13.2 Å². The number of hydrogen-bond acceptors (Lipinski definition) is 4. The molecule has 162 valence electrons. The van der Waals surface area contributed by atoms with E-state index < -0.39 is 11.7 Å². The maximum atomic E-state index is 12.5. The largest absolute Gasteiger partial charge is 0.457 e. The minimum atomic E-state index is -0.534. The van der Waals surface area contributed by atoms with E-state index in [1.54, 1.807) is 0 Å². The van der Waals surface area contributed by atoms with Gasteiger partial charge in [0.15, 0.2) is 0 Å². The van der Waals surface area contributed by atoms with Gasteiger partial charge in [0, 0.05) is 0 Å². The smallest absolute Gasteiger partial charge is 0.444 e. The van der Waals surface area contributed by atoms with E-state index in [1.807, 2.05) is 20.8 Å². The average Bonchev–Trinajstić information content (AvgIpc) is 2.77. The van der Waals surface area contributed by atoms with Crippen molar-refractivity contribution in [1.82, 2.24) is 5.32 Å². The summed E-state index contributed by atoms with van der Waals surface area (Å²) in [4.78, 5) is 12.5. The highest BCUT2D eigenvalue weighted by Crippen LogP contribution is 2.39. The van der Waals surface area contributed by atoms with Crippen molar-refractivity contribution < 1.29 is 18.8 Å². The average molecular weight is 403 g/mol. The molecule has 0 spiro atoms. The Balaban J connectivity index is 2.07. The molecule has 1 heterocycles. The van der Waals surface area contributed by atoms with E-state index in [1.165, 1.54) is 5.56 Å². The van der Waals surface area contributed by atoms with E-state index in [2.05, 4.69) is 71.1 Å². The highest BCUT2D eigenvalue weighted by atomic mass is 16.7. The third-order valence-corrected chi connectivity index (χ3v) is 5.84. The van der Waals surface area contributed by atoms with Crippen molar-refractivity contribution in [2.24, 2.45) is 5.92 Å². The second-order valence-electron chi connectivity index (χ2n) is 10.3. The van der Waals surface area contributed by atoms with Gasteiger partial charge in [-0.25, -0.2) is 4.79 Å². The number of nitrogens with one attached hydrogen (secondary N) is 1. The summed E-state index contributed by atoms with van der Waals surface area (Å²) in [5.41, 5.74) is 1.07. The Morgan fingerprint density at radius 2 is 1.62 bits per heavy atom. The van der Waals surface area contributed by atoms with Crippen LogP contribution in [-0.4, -0.2) is 30.0 Å². The lowest BCUT2D eigenvalue weighted by Gasteiger charge is -2.32. The molecular formula is C23H38BNO4. The van der Waals surface area contributed by atoms with Crippen molar-refractivity contribution in [3.63, 3.8) is 0 Å². The summed E-state index contributed by atoms with van der Waals surface area (Å²) < 4.78 is 17.8. The molecule has 5 nitrogen and oxygen atoms in total. The summed E-state index contributed by atoms with van der Waals surface area (Å²) in [6, 6.07) is 8.14. The van der Waals surface area contributed by atoms with Gasteiger partial charge in [0.25, 0.3) is 0 Å². The lowest BCUT2D eigenvalue weighted by molar-refractivity contribution is 0.00578. The van der Waals surface area contributed by atoms with Gasteiger partial charge in [-0.2, -0.15) is 0 Å². The predicted molar refractivity (Wildman–Crippen MR) is 118 cm³/mol. The van der Waals surface area contributed by atoms with Crippen LogP contribution in [-0.2, 0) is 14.0 Å². The molecule has 29 heavy (non-hydrogen) atoms. The second-order valence-corrected chi connectivity index (χ2v) is 10.3. The van der Waals surface area contributed by atoms with Crippen LogP contribution < -0.4 is 5.32 Å². The molecule has 1 saturated heterocycles. The fraction of sp³-hybridized carbons (Fsp3) is 0.696. The van der Waals surface area contributed by atoms with Crippen LogP contribution in [0, 0.1) is 12.8 Å². The van der Waals surface area contributed by atoms with Crippen LogP contribution in [0.2, 0.25) is 6.32 Å². The first-order valence-corrected chi connectivity index (χ1v) is 10.6. The Bertz CT molecular complexity index is 678. The third-order valence-electron chi connectivity index (χ3n) is 5.84. The summed E-state index contributed by atoms with van der Waals surface area (Å²) in [6.45, 7) is 18.1. The molecule has 0 aliphatic carbocycles. The van der Waals surface area contributed by atoms with Gasteiger partial charge in [0.05, 0.1) is 17.2 Å². The van der Waals surface area contributed by atoms with Gasteiger partial charge in [-0.05, 0) is 79.6 Å². The van der Waals surface area contributed by atoms with Gasteiger partial charge in [-0.3, -0.25) is 0 Å². The molecule has 0 aromatic heterocycles. The molecule has 1 fully saturated rings. The van der Waals surface area contributed by atoms with Crippen LogP contribution in [0.4, 0.5) is 4.79 Å². The molecule has 1 aromatic carbocycles. The van der Waals surface area contributed by atoms with E-state index in [9.17, 15) is 4.79 Å². The predicted octanol–water partition coefficient (Wildman–Crippen LogP) is 5.68. The van der Waals surface area contributed by atoms with E-state index in [0.717, 1.165) is 18.3 Å². The molecule has 1 amide bonds. The number of carbonyl (C=O) groups excluding carboxylic acids is 1. The van der Waals surface area contributed by atoms with Crippen LogP contribution in [0.15, 0.2) is 24.3 Å². The van der Waals surface area contributed by atoms with E-state index in [4.69, 9.17) is 14.0 Å². The van der Waals surface area contributed by atoms with Gasteiger partial charge in [-0.1, -0.05) is 36.8 Å². The lowest BCUT2D eigenvalue weighted by Crippen LogP contribution is -2.41. The number of hydrogen-bond donors (Lipinski definition) is 1. The molecule has 0 unspecified atom stereocenters. The van der Waals surface area contributed by atoms with Gasteiger partial charge in [0.1, 0.15) is 5.60 Å². The quantitative estimate of drug-likeness (QED) is 0.621. The van der Waals surface area contributed by atoms with Crippen LogP contribution in [0.5, 0.6) is 0 Å². The summed E-state index contributed by atoms with van der Waals surface area (Å²) in [5.74, 6) is 0.184. The van der Waals surface area contributed by atoms with Crippen molar-refractivity contribution in [3.8, 4) is 0 Å². The highest BCUT2D eigenvalue weighted by molar-refractivity contribution is 6.45. The first-order chi connectivity index (χ1) is 13.2. The molecule has 2 atom stereocenters. The SMILES string of the molecule is Cc1ccc([C@@H](NC(=O)OC(C)(C)C)[C@@H](C)CCB2OC(C)(C)C(C)(C)O2)cc1. The van der Waals surface area contributed by atoms with E-state index in [-0.39, 0.29) is 30.3 Å². The number of aryl methyl sites for hydroxylation is 1. The Morgan fingerprint density at radius 1 is 1.10 bits per heavy atom. The fourth-order valence-corrected chi connectivity index (χ4v) is 3.41. The molecule has 1 N–H and O–H groups in total. The van der Waals surface area contributed by atoms with E-state index in [0.29, 0.717) is 0 Å². The van der Waals surface area contributed by atoms with Gasteiger partial charge < -0.3 is 19.4 Å². The number of rotatable bonds is 6. The summed E-state index contributed by atoms with van der Waals surface area (Å²) in [6.07, 6.45) is 1.22. The Kier molecular flexibility index (Phi) is 7.11. The molecular weight excluding hydrogens is 365 g/mol. The maximum Gasteiger partial charge on any atom is 0.457 e. The third kappa shape index (κ3) is 6.48. The normalized spacial score (nSPS) is 20.2. The van der Waals surface area contributed by atoms with E-state index >= 15 is 0 Å². The van der Waals surface area contributed by atoms with Crippen LogP contribution in [0.1, 0.15) is 79.0 Å². The number of benzene rings is 1. The molecule has 0 bridgehead atoms. The molecule has 2 rings (SSSR count). The number of ether oxygens (including phenoxy) is 1. The second kappa shape index (κ2) is 8.69. The van der Waals surface area contributed by atoms with Crippen molar-refractivity contribution in [2.75, 3.05) is 0 Å². The maximum absolute atomic E-state index is 12.5. The number of amides is 1. The highest BCUT2D eigenvalue weighted by Gasteiger charge is 2.50. The molecule has 1 aliphatic rings. The Hall–Kier alpha value is -1.53. The summed E-state index contributed by atoms with van der Waals surface area (Å²) >= 11 is 0. The van der Waals surface area contributed by atoms with Crippen LogP contribution in [0.25, 0.3) is 0 Å². The minimum Gasteiger partial charge on any atom is -0.444 e. The first-order valence-electron chi connectivity index (χ1n) is 10.6. The molecule has 1 aliphatic heterocycles. The zero-order valence-electron chi connectivity index (χ0n) is 19.6. The zero-order valence-corrected chi connectivity index (χ0v) is 19.6. The molecule has 6 heteroatoms. The van der Waals surface area contributed by atoms with Crippen molar-refractivity contribution in [1.29, 1.82) is 0 Å². The van der Waals surface area contributed by atoms with Gasteiger partial charge in [0.2, 0.25) is 0 Å². The zero-order chi connectivity index (χ0) is 22.0. The minimum absolute atomic E-state index is 0.145. The van der Waals surface area contributed by atoms with Crippen LogP contribution >= 0.6 is 0 Å². The molecule has 1 aromatic rings.